The van der Waals surface area contributed by atoms with Gasteiger partial charge in [-0.25, -0.2) is 0 Å². The van der Waals surface area contributed by atoms with Crippen molar-refractivity contribution in [3.63, 3.8) is 0 Å². The summed E-state index contributed by atoms with van der Waals surface area (Å²) >= 11 is 1.80. The lowest BCUT2D eigenvalue weighted by Crippen LogP contribution is -2.25. The Kier molecular flexibility index (Phi) is 3.83. The fraction of sp³-hybridized carbons (Fsp3) is 0.312. The molecule has 0 bridgehead atoms. The van der Waals surface area contributed by atoms with Gasteiger partial charge >= 0.3 is 0 Å². The van der Waals surface area contributed by atoms with Crippen LogP contribution in [0.5, 0.6) is 0 Å². The Morgan fingerprint density at radius 1 is 1.30 bits per heavy atom. The van der Waals surface area contributed by atoms with Crippen molar-refractivity contribution in [2.24, 2.45) is 5.92 Å². The number of hydrogen-bond acceptors (Lipinski definition) is 4. The van der Waals surface area contributed by atoms with Gasteiger partial charge < -0.3 is 9.42 Å². The maximum Gasteiger partial charge on any atom is 0.175 e. The lowest BCUT2D eigenvalue weighted by molar-refractivity contribution is 0.412. The van der Waals surface area contributed by atoms with E-state index in [-0.39, 0.29) is 0 Å². The van der Waals surface area contributed by atoms with Gasteiger partial charge in [-0.05, 0) is 24.5 Å². The molecule has 20 heavy (non-hydrogen) atoms. The molecule has 0 aliphatic carbocycles. The lowest BCUT2D eigenvalue weighted by atomic mass is 10.1. The molecule has 0 saturated carbocycles. The summed E-state index contributed by atoms with van der Waals surface area (Å²) in [5.74, 6) is 1.43. The van der Waals surface area contributed by atoms with E-state index in [0.717, 1.165) is 17.1 Å². The molecule has 1 atom stereocenters. The smallest absolute Gasteiger partial charge is 0.175 e. The second-order valence-corrected chi connectivity index (χ2v) is 6.41. The van der Waals surface area contributed by atoms with Gasteiger partial charge in [0, 0.05) is 11.8 Å². The highest BCUT2D eigenvalue weighted by Gasteiger charge is 2.29. The van der Waals surface area contributed by atoms with Gasteiger partial charge in [0.1, 0.15) is 0 Å². The minimum absolute atomic E-state index is 0.359. The molecule has 1 aliphatic rings. The molecule has 0 fully saturated rings. The van der Waals surface area contributed by atoms with Crippen molar-refractivity contribution >= 4 is 22.4 Å². The average molecular weight is 285 g/mol. The van der Waals surface area contributed by atoms with Crippen molar-refractivity contribution in [1.29, 1.82) is 0 Å². The van der Waals surface area contributed by atoms with E-state index in [1.54, 1.807) is 18.0 Å². The summed E-state index contributed by atoms with van der Waals surface area (Å²) in [6.07, 6.45) is 6.22. The molecule has 103 valence electrons. The van der Waals surface area contributed by atoms with Gasteiger partial charge in [0.15, 0.2) is 5.76 Å². The highest BCUT2D eigenvalue weighted by molar-refractivity contribution is 8.09. The Labute approximate surface area is 123 Å². The van der Waals surface area contributed by atoms with Gasteiger partial charge in [0.2, 0.25) is 0 Å². The Hall–Kier alpha value is -1.68. The molecule has 0 saturated heterocycles. The fourth-order valence-corrected chi connectivity index (χ4v) is 3.62. The lowest BCUT2D eigenvalue weighted by Gasteiger charge is -2.25. The third-order valence-electron chi connectivity index (χ3n) is 3.13. The molecular weight excluding hydrogens is 268 g/mol. The predicted molar refractivity (Wildman–Crippen MR) is 82.9 cm³/mol. The molecule has 1 radical (unpaired) electrons. The Morgan fingerprint density at radius 2 is 2.10 bits per heavy atom. The minimum Gasteiger partial charge on any atom is -0.356 e. The van der Waals surface area contributed by atoms with Crippen LogP contribution < -0.4 is 4.90 Å². The molecule has 4 heteroatoms. The Balaban J connectivity index is 1.90. The molecule has 1 unspecified atom stereocenters. The summed E-state index contributed by atoms with van der Waals surface area (Å²) in [5, 5.41) is 4.14. The number of nitrogens with zero attached hydrogens (tertiary/aromatic N) is 2. The molecule has 0 N–H and O–H groups in total. The van der Waals surface area contributed by atoms with Crippen molar-refractivity contribution < 1.29 is 4.52 Å². The molecule has 3 rings (SSSR count). The van der Waals surface area contributed by atoms with E-state index >= 15 is 0 Å². The van der Waals surface area contributed by atoms with Crippen molar-refractivity contribution in [2.75, 3.05) is 4.90 Å². The van der Waals surface area contributed by atoms with E-state index in [9.17, 15) is 0 Å². The molecule has 1 aliphatic heterocycles. The van der Waals surface area contributed by atoms with E-state index in [1.165, 1.54) is 5.69 Å². The molecule has 1 aromatic carbocycles. The fourth-order valence-electron chi connectivity index (χ4n) is 2.22. The number of aromatic nitrogens is 1. The number of hydrogen-bond donors (Lipinski definition) is 0. The third kappa shape index (κ3) is 2.75. The van der Waals surface area contributed by atoms with E-state index < -0.39 is 0 Å². The summed E-state index contributed by atoms with van der Waals surface area (Å²) in [7, 11) is 0. The number of para-hydroxylation sites is 1. The van der Waals surface area contributed by atoms with Crippen LogP contribution in [0.15, 0.2) is 47.1 Å². The molecule has 2 aromatic rings. The van der Waals surface area contributed by atoms with Crippen molar-refractivity contribution in [3.05, 3.63) is 54.6 Å². The summed E-state index contributed by atoms with van der Waals surface area (Å²) in [5.41, 5.74) is 1.17. The summed E-state index contributed by atoms with van der Waals surface area (Å²) in [6, 6.07) is 12.3. The van der Waals surface area contributed by atoms with Crippen LogP contribution >= 0.6 is 11.8 Å². The predicted octanol–water partition coefficient (Wildman–Crippen LogP) is 4.40. The second-order valence-electron chi connectivity index (χ2n) is 5.23. The van der Waals surface area contributed by atoms with Gasteiger partial charge in [0.25, 0.3) is 0 Å². The summed E-state index contributed by atoms with van der Waals surface area (Å²) < 4.78 is 5.26. The first kappa shape index (κ1) is 13.3. The van der Waals surface area contributed by atoms with Crippen LogP contribution in [-0.2, 0) is 0 Å². The van der Waals surface area contributed by atoms with Gasteiger partial charge in [-0.2, -0.15) is 0 Å². The molecule has 1 aromatic heterocycles. The zero-order valence-electron chi connectivity index (χ0n) is 11.6. The second kappa shape index (κ2) is 5.75. The minimum atomic E-state index is 0.359. The molecule has 0 amide bonds. The Bertz CT molecular complexity index is 578. The number of rotatable bonds is 4. The first-order chi connectivity index (χ1) is 9.74. The molecular formula is C16H17N2OS. The van der Waals surface area contributed by atoms with E-state index in [4.69, 9.17) is 4.52 Å². The van der Waals surface area contributed by atoms with Crippen molar-refractivity contribution in [1.82, 2.24) is 5.16 Å². The summed E-state index contributed by atoms with van der Waals surface area (Å²) in [6.45, 7) is 4.49. The van der Waals surface area contributed by atoms with E-state index in [0.29, 0.717) is 11.3 Å². The molecule has 0 spiro atoms. The van der Waals surface area contributed by atoms with Crippen LogP contribution in [0.3, 0.4) is 0 Å². The third-order valence-corrected chi connectivity index (χ3v) is 4.34. The van der Waals surface area contributed by atoms with Crippen LogP contribution in [0.4, 0.5) is 5.69 Å². The van der Waals surface area contributed by atoms with Gasteiger partial charge in [0.05, 0.1) is 22.7 Å². The Morgan fingerprint density at radius 3 is 2.75 bits per heavy atom. The summed E-state index contributed by atoms with van der Waals surface area (Å²) in [4.78, 5) is 3.24. The zero-order chi connectivity index (χ0) is 13.9. The number of anilines is 1. The zero-order valence-corrected chi connectivity index (χ0v) is 12.4. The highest BCUT2D eigenvalue weighted by Crippen LogP contribution is 2.43. The van der Waals surface area contributed by atoms with Crippen molar-refractivity contribution in [2.45, 2.75) is 25.6 Å². The van der Waals surface area contributed by atoms with Crippen molar-refractivity contribution in [3.8, 4) is 0 Å². The van der Waals surface area contributed by atoms with Gasteiger partial charge in [-0.3, -0.25) is 0 Å². The van der Waals surface area contributed by atoms with E-state index in [1.807, 2.05) is 12.1 Å². The highest BCUT2D eigenvalue weighted by atomic mass is 32.2. The van der Waals surface area contributed by atoms with Gasteiger partial charge in [-0.15, -0.1) is 0 Å². The molecule has 2 heterocycles. The largest absolute Gasteiger partial charge is 0.356 e. The first-order valence-electron chi connectivity index (χ1n) is 6.79. The van der Waals surface area contributed by atoms with E-state index in [2.05, 4.69) is 54.4 Å². The number of thioether (sulfide) groups is 1. The van der Waals surface area contributed by atoms with Crippen LogP contribution in [0.25, 0.3) is 4.91 Å². The standard InChI is InChI=1S/C16H17N2OS/c1-12(2)10-16-18(13-6-4-3-5-7-13)11-15(20-16)14-8-9-17-19-14/h3-9,12,16H,10H2,1-2H3. The maximum atomic E-state index is 5.26. The van der Waals surface area contributed by atoms with Crippen LogP contribution in [-0.4, -0.2) is 10.5 Å². The SMILES string of the molecule is CC(C)CC1SC(c2ccno2)=[C]N1c1ccccc1. The van der Waals surface area contributed by atoms with Crippen LogP contribution in [0.2, 0.25) is 0 Å². The van der Waals surface area contributed by atoms with Crippen LogP contribution in [0, 0.1) is 12.1 Å². The van der Waals surface area contributed by atoms with Gasteiger partial charge in [-0.1, -0.05) is 49.0 Å². The first-order valence-corrected chi connectivity index (χ1v) is 7.67. The average Bonchev–Trinajstić information content (AvgIpc) is 3.08. The van der Waals surface area contributed by atoms with Crippen LogP contribution in [0.1, 0.15) is 26.0 Å². The topological polar surface area (TPSA) is 29.3 Å². The normalized spacial score (nSPS) is 18.6. The number of benzene rings is 1. The molecule has 3 nitrogen and oxygen atoms in total. The maximum absolute atomic E-state index is 5.26. The quantitative estimate of drug-likeness (QED) is 0.832. The monoisotopic (exact) mass is 285 g/mol.